The summed E-state index contributed by atoms with van der Waals surface area (Å²) in [4.78, 5) is 36.6. The zero-order valence-corrected chi connectivity index (χ0v) is 18.6. The number of fused-ring (bicyclic) bond motifs is 1. The molecule has 2 aliphatic heterocycles. The average molecular weight is 465 g/mol. The maximum absolute atomic E-state index is 13.0. The van der Waals surface area contributed by atoms with Gasteiger partial charge in [0.2, 0.25) is 5.91 Å². The zero-order valence-electron chi connectivity index (χ0n) is 17.0. The summed E-state index contributed by atoms with van der Waals surface area (Å²) < 4.78 is 12.7. The lowest BCUT2D eigenvalue weighted by Gasteiger charge is -2.24. The van der Waals surface area contributed by atoms with Gasteiger partial charge in [-0.25, -0.2) is 0 Å². The number of thioether (sulfide) groups is 2. The van der Waals surface area contributed by atoms with Crippen LogP contribution in [-0.2, 0) is 9.59 Å². The van der Waals surface area contributed by atoms with Gasteiger partial charge in [-0.2, -0.15) is 11.8 Å². The van der Waals surface area contributed by atoms with Gasteiger partial charge in [0.15, 0.2) is 18.1 Å². The first-order valence-electron chi connectivity index (χ1n) is 9.90. The van der Waals surface area contributed by atoms with Gasteiger partial charge in [0.25, 0.3) is 11.5 Å². The average Bonchev–Trinajstić information content (AvgIpc) is 2.97. The summed E-state index contributed by atoms with van der Waals surface area (Å²) >= 11 is 3.27. The molecular formula is C20H24N4O5S2. The minimum absolute atomic E-state index is 0.145. The number of aromatic amines is 1. The lowest BCUT2D eigenvalue weighted by molar-refractivity contribution is -0.120. The molecular weight excluding hydrogens is 440 g/mol. The molecule has 1 aromatic carbocycles. The minimum Gasteiger partial charge on any atom is -0.493 e. The van der Waals surface area contributed by atoms with Crippen LogP contribution in [0.3, 0.4) is 0 Å². The molecule has 11 heteroatoms. The van der Waals surface area contributed by atoms with Crippen LogP contribution < -0.4 is 26.1 Å². The number of hydrogen-bond donors (Lipinski definition) is 3. The van der Waals surface area contributed by atoms with E-state index in [0.717, 1.165) is 29.9 Å². The van der Waals surface area contributed by atoms with E-state index in [1.54, 1.807) is 12.1 Å². The number of amides is 2. The molecule has 4 rings (SSSR count). The van der Waals surface area contributed by atoms with Crippen molar-refractivity contribution in [1.29, 1.82) is 0 Å². The summed E-state index contributed by atoms with van der Waals surface area (Å²) in [6.45, 7) is -0.292. The SMILES string of the molecule is COc1ccc([C@H]2SCC(=O)Nc3c2c(=O)[nH]n3C2CCSCC2)cc1OCC(N)=O. The molecule has 2 aromatic rings. The molecule has 9 nitrogen and oxygen atoms in total. The van der Waals surface area contributed by atoms with E-state index in [1.807, 2.05) is 22.5 Å². The Hall–Kier alpha value is -2.53. The van der Waals surface area contributed by atoms with Gasteiger partial charge in [0.1, 0.15) is 5.82 Å². The molecule has 166 valence electrons. The Labute approximate surface area is 187 Å². The number of rotatable bonds is 6. The number of anilines is 1. The van der Waals surface area contributed by atoms with Crippen LogP contribution in [0, 0.1) is 0 Å². The Kier molecular flexibility index (Phi) is 6.51. The molecule has 1 saturated heterocycles. The molecule has 0 saturated carbocycles. The molecule has 0 aliphatic carbocycles. The van der Waals surface area contributed by atoms with Gasteiger partial charge in [0.05, 0.1) is 29.7 Å². The highest BCUT2D eigenvalue weighted by molar-refractivity contribution is 8.00. The third-order valence-corrected chi connectivity index (χ3v) is 7.60. The number of primary amides is 1. The Morgan fingerprint density at radius 1 is 1.26 bits per heavy atom. The number of H-pyrrole nitrogens is 1. The summed E-state index contributed by atoms with van der Waals surface area (Å²) in [6.07, 6.45) is 1.87. The minimum atomic E-state index is -0.604. The van der Waals surface area contributed by atoms with Crippen LogP contribution in [0.15, 0.2) is 23.0 Å². The van der Waals surface area contributed by atoms with E-state index in [0.29, 0.717) is 22.9 Å². The number of hydrogen-bond acceptors (Lipinski definition) is 7. The molecule has 2 aliphatic rings. The maximum atomic E-state index is 13.0. The largest absolute Gasteiger partial charge is 0.493 e. The second-order valence-corrected chi connectivity index (χ2v) is 9.64. The normalized spacial score (nSPS) is 19.3. The fourth-order valence-corrected chi connectivity index (χ4v) is 6.04. The molecule has 0 unspecified atom stereocenters. The van der Waals surface area contributed by atoms with Crippen molar-refractivity contribution in [3.8, 4) is 11.5 Å². The van der Waals surface area contributed by atoms with Crippen LogP contribution in [0.5, 0.6) is 11.5 Å². The number of ether oxygens (including phenoxy) is 2. The third kappa shape index (κ3) is 4.57. The van der Waals surface area contributed by atoms with Gasteiger partial charge in [0, 0.05) is 0 Å². The van der Waals surface area contributed by atoms with E-state index < -0.39 is 11.2 Å². The van der Waals surface area contributed by atoms with Crippen molar-refractivity contribution in [2.75, 3.05) is 36.3 Å². The highest BCUT2D eigenvalue weighted by atomic mass is 32.2. The maximum Gasteiger partial charge on any atom is 0.270 e. The molecule has 4 N–H and O–H groups in total. The lowest BCUT2D eigenvalue weighted by atomic mass is 10.0. The highest BCUT2D eigenvalue weighted by Gasteiger charge is 2.33. The molecule has 1 fully saturated rings. The van der Waals surface area contributed by atoms with Crippen molar-refractivity contribution in [3.63, 3.8) is 0 Å². The third-order valence-electron chi connectivity index (χ3n) is 5.28. The molecule has 3 heterocycles. The van der Waals surface area contributed by atoms with E-state index in [1.165, 1.54) is 18.9 Å². The van der Waals surface area contributed by atoms with Crippen LogP contribution in [0.25, 0.3) is 0 Å². The molecule has 0 radical (unpaired) electrons. The van der Waals surface area contributed by atoms with Crippen LogP contribution in [-0.4, -0.2) is 52.6 Å². The molecule has 1 atom stereocenters. The van der Waals surface area contributed by atoms with Crippen molar-refractivity contribution in [2.24, 2.45) is 5.73 Å². The monoisotopic (exact) mass is 464 g/mol. The lowest BCUT2D eigenvalue weighted by Crippen LogP contribution is -2.22. The number of benzene rings is 1. The van der Waals surface area contributed by atoms with Gasteiger partial charge in [-0.3, -0.25) is 24.2 Å². The molecule has 31 heavy (non-hydrogen) atoms. The Balaban J connectivity index is 1.76. The van der Waals surface area contributed by atoms with Crippen molar-refractivity contribution in [2.45, 2.75) is 24.1 Å². The first-order chi connectivity index (χ1) is 15.0. The fraction of sp³-hybridized carbons (Fsp3) is 0.450. The van der Waals surface area contributed by atoms with Crippen LogP contribution in [0.2, 0.25) is 0 Å². The van der Waals surface area contributed by atoms with Gasteiger partial charge in [-0.15, -0.1) is 11.8 Å². The van der Waals surface area contributed by atoms with Gasteiger partial charge >= 0.3 is 0 Å². The van der Waals surface area contributed by atoms with Crippen LogP contribution in [0.4, 0.5) is 5.82 Å². The first kappa shape index (κ1) is 21.7. The number of nitrogens with zero attached hydrogens (tertiary/aromatic N) is 1. The van der Waals surface area contributed by atoms with Crippen molar-refractivity contribution >= 4 is 41.2 Å². The van der Waals surface area contributed by atoms with E-state index in [9.17, 15) is 14.4 Å². The fourth-order valence-electron chi connectivity index (χ4n) is 3.84. The van der Waals surface area contributed by atoms with E-state index >= 15 is 0 Å². The molecule has 2 amide bonds. The summed E-state index contributed by atoms with van der Waals surface area (Å²) in [6, 6.07) is 5.43. The van der Waals surface area contributed by atoms with E-state index in [4.69, 9.17) is 15.2 Å². The summed E-state index contributed by atoms with van der Waals surface area (Å²) in [5, 5.41) is 5.50. The Morgan fingerprint density at radius 3 is 2.74 bits per heavy atom. The van der Waals surface area contributed by atoms with Gasteiger partial charge in [-0.1, -0.05) is 6.07 Å². The quantitative estimate of drug-likeness (QED) is 0.595. The molecule has 1 aromatic heterocycles. The predicted octanol–water partition coefficient (Wildman–Crippen LogP) is 1.89. The molecule has 0 spiro atoms. The number of carbonyl (C=O) groups excluding carboxylic acids is 2. The number of methoxy groups -OCH3 is 1. The zero-order chi connectivity index (χ0) is 22.0. The highest BCUT2D eigenvalue weighted by Crippen LogP contribution is 2.43. The van der Waals surface area contributed by atoms with Crippen molar-refractivity contribution in [1.82, 2.24) is 9.78 Å². The van der Waals surface area contributed by atoms with Crippen molar-refractivity contribution < 1.29 is 19.1 Å². The summed E-state index contributed by atoms with van der Waals surface area (Å²) in [5.41, 5.74) is 6.26. The van der Waals surface area contributed by atoms with Crippen molar-refractivity contribution in [3.05, 3.63) is 39.7 Å². The van der Waals surface area contributed by atoms with Gasteiger partial charge < -0.3 is 20.5 Å². The molecule has 0 bridgehead atoms. The van der Waals surface area contributed by atoms with Crippen LogP contribution >= 0.6 is 23.5 Å². The number of nitrogens with two attached hydrogens (primary N) is 1. The Morgan fingerprint density at radius 2 is 2.03 bits per heavy atom. The van der Waals surface area contributed by atoms with Gasteiger partial charge in [-0.05, 0) is 42.0 Å². The number of aromatic nitrogens is 2. The van der Waals surface area contributed by atoms with E-state index in [-0.39, 0.29) is 29.9 Å². The number of nitrogens with one attached hydrogen (secondary N) is 2. The van der Waals surface area contributed by atoms with E-state index in [2.05, 4.69) is 10.4 Å². The summed E-state index contributed by atoms with van der Waals surface area (Å²) in [7, 11) is 1.50. The second-order valence-electron chi connectivity index (χ2n) is 7.32. The standard InChI is InChI=1S/C20H24N4O5S2/c1-28-13-3-2-11(8-14(13)29-9-15(21)25)18-17-19(22-16(26)10-31-18)24(23-20(17)27)12-4-6-30-7-5-12/h2-3,8,12,18H,4-7,9-10H2,1H3,(H2,21,25)(H,22,26)(H,23,27)/t18-/m1/s1. The number of carbonyl (C=O) groups is 2. The first-order valence-corrected chi connectivity index (χ1v) is 12.1. The summed E-state index contributed by atoms with van der Waals surface area (Å²) in [5.74, 6) is 2.84. The predicted molar refractivity (Wildman–Crippen MR) is 121 cm³/mol. The smallest absolute Gasteiger partial charge is 0.270 e. The topological polar surface area (TPSA) is 128 Å². The van der Waals surface area contributed by atoms with Crippen LogP contribution in [0.1, 0.15) is 35.3 Å². The Bertz CT molecular complexity index is 1040. The second kappa shape index (κ2) is 9.31.